The quantitative estimate of drug-likeness (QED) is 0.845. The lowest BCUT2D eigenvalue weighted by molar-refractivity contribution is 0.437. The van der Waals surface area contributed by atoms with E-state index >= 15 is 0 Å². The van der Waals surface area contributed by atoms with Gasteiger partial charge in [-0.25, -0.2) is 21.9 Å². The normalized spacial score (nSPS) is 18.7. The molecule has 2 rings (SSSR count). The molecule has 0 aliphatic heterocycles. The van der Waals surface area contributed by atoms with Crippen molar-refractivity contribution in [1.82, 2.24) is 4.72 Å². The molecule has 7 heteroatoms. The van der Waals surface area contributed by atoms with E-state index in [9.17, 15) is 17.2 Å². The molecule has 19 heavy (non-hydrogen) atoms. The first kappa shape index (κ1) is 14.9. The van der Waals surface area contributed by atoms with E-state index in [2.05, 4.69) is 20.7 Å². The Bertz CT molecular complexity index is 571. The maximum Gasteiger partial charge on any atom is 0.241 e. The number of sulfonamides is 1. The van der Waals surface area contributed by atoms with Crippen LogP contribution in [-0.4, -0.2) is 19.3 Å². The van der Waals surface area contributed by atoms with Crippen molar-refractivity contribution in [3.63, 3.8) is 0 Å². The Morgan fingerprint density at radius 2 is 1.84 bits per heavy atom. The fourth-order valence-electron chi connectivity index (χ4n) is 2.30. The number of nitrogens with one attached hydrogen (secondary N) is 1. The summed E-state index contributed by atoms with van der Waals surface area (Å²) < 4.78 is 53.0. The van der Waals surface area contributed by atoms with Gasteiger partial charge in [-0.2, -0.15) is 0 Å². The van der Waals surface area contributed by atoms with Gasteiger partial charge in [0.1, 0.15) is 0 Å². The van der Waals surface area contributed by atoms with Crippen molar-refractivity contribution >= 4 is 26.0 Å². The Balaban J connectivity index is 2.29. The largest absolute Gasteiger partial charge is 0.241 e. The topological polar surface area (TPSA) is 46.2 Å². The molecule has 0 spiro atoms. The molecule has 0 heterocycles. The van der Waals surface area contributed by atoms with Gasteiger partial charge in [0.25, 0.3) is 0 Å². The van der Waals surface area contributed by atoms with Gasteiger partial charge in [0.05, 0.1) is 4.90 Å². The minimum absolute atomic E-state index is 0.251. The number of rotatable bonds is 4. The average molecular weight is 354 g/mol. The molecule has 1 fully saturated rings. The molecular weight excluding hydrogens is 340 g/mol. The number of halogens is 3. The summed E-state index contributed by atoms with van der Waals surface area (Å²) in [5.41, 5.74) is -0.524. The average Bonchev–Trinajstić information content (AvgIpc) is 2.81. The van der Waals surface area contributed by atoms with E-state index in [1.807, 2.05) is 0 Å². The van der Waals surface area contributed by atoms with Crippen LogP contribution in [0.4, 0.5) is 8.78 Å². The SMILES string of the molecule is O=S(=O)(NC1(CBr)CCCC1)c1ccc(F)c(F)c1. The molecule has 0 atom stereocenters. The fourth-order valence-corrected chi connectivity index (χ4v) is 4.66. The summed E-state index contributed by atoms with van der Waals surface area (Å²) in [7, 11) is -3.84. The highest BCUT2D eigenvalue weighted by Gasteiger charge is 2.37. The van der Waals surface area contributed by atoms with E-state index in [-0.39, 0.29) is 4.90 Å². The van der Waals surface area contributed by atoms with Gasteiger partial charge < -0.3 is 0 Å². The van der Waals surface area contributed by atoms with Crippen LogP contribution in [0.25, 0.3) is 0 Å². The van der Waals surface area contributed by atoms with E-state index < -0.39 is 27.2 Å². The van der Waals surface area contributed by atoms with E-state index in [0.29, 0.717) is 11.4 Å². The summed E-state index contributed by atoms with van der Waals surface area (Å²) in [5, 5.41) is 0.503. The van der Waals surface area contributed by atoms with Crippen LogP contribution in [0, 0.1) is 11.6 Å². The van der Waals surface area contributed by atoms with Crippen LogP contribution in [0.3, 0.4) is 0 Å². The third kappa shape index (κ3) is 3.14. The van der Waals surface area contributed by atoms with Crippen LogP contribution in [0.1, 0.15) is 25.7 Å². The molecule has 106 valence electrons. The molecule has 0 aromatic heterocycles. The van der Waals surface area contributed by atoms with Crippen LogP contribution in [-0.2, 0) is 10.0 Å². The second-order valence-electron chi connectivity index (χ2n) is 4.80. The van der Waals surface area contributed by atoms with Gasteiger partial charge in [-0.15, -0.1) is 0 Å². The van der Waals surface area contributed by atoms with E-state index in [0.717, 1.165) is 37.8 Å². The van der Waals surface area contributed by atoms with Crippen molar-refractivity contribution in [3.05, 3.63) is 29.8 Å². The minimum atomic E-state index is -3.84. The van der Waals surface area contributed by atoms with Crippen LogP contribution >= 0.6 is 15.9 Å². The summed E-state index contributed by atoms with van der Waals surface area (Å²) in [4.78, 5) is -0.251. The standard InChI is InChI=1S/C12H14BrF2NO2S/c13-8-12(5-1-2-6-12)16-19(17,18)9-3-4-10(14)11(15)7-9/h3-4,7,16H,1-2,5-6,8H2. The fraction of sp³-hybridized carbons (Fsp3) is 0.500. The van der Waals surface area contributed by atoms with Crippen LogP contribution in [0.5, 0.6) is 0 Å². The van der Waals surface area contributed by atoms with Crippen LogP contribution in [0.15, 0.2) is 23.1 Å². The molecule has 0 amide bonds. The molecule has 3 nitrogen and oxygen atoms in total. The van der Waals surface area contributed by atoms with E-state index in [4.69, 9.17) is 0 Å². The van der Waals surface area contributed by atoms with Gasteiger partial charge in [-0.05, 0) is 31.0 Å². The molecular formula is C12H14BrF2NO2S. The first-order valence-electron chi connectivity index (χ1n) is 5.94. The van der Waals surface area contributed by atoms with Gasteiger partial charge in [0, 0.05) is 10.9 Å². The second-order valence-corrected chi connectivity index (χ2v) is 7.05. The number of benzene rings is 1. The predicted molar refractivity (Wildman–Crippen MR) is 71.7 cm³/mol. The lowest BCUT2D eigenvalue weighted by Crippen LogP contribution is -2.47. The smallest absolute Gasteiger partial charge is 0.207 e. The third-order valence-corrected chi connectivity index (χ3v) is 6.02. The van der Waals surface area contributed by atoms with Crippen molar-refractivity contribution in [3.8, 4) is 0 Å². The zero-order valence-corrected chi connectivity index (χ0v) is 12.5. The maximum absolute atomic E-state index is 13.1. The number of hydrogen-bond donors (Lipinski definition) is 1. The number of alkyl halides is 1. The van der Waals surface area contributed by atoms with Crippen molar-refractivity contribution < 1.29 is 17.2 Å². The van der Waals surface area contributed by atoms with Crippen molar-refractivity contribution in [1.29, 1.82) is 0 Å². The number of hydrogen-bond acceptors (Lipinski definition) is 2. The summed E-state index contributed by atoms with van der Waals surface area (Å²) in [6, 6.07) is 2.59. The highest BCUT2D eigenvalue weighted by Crippen LogP contribution is 2.32. The first-order valence-corrected chi connectivity index (χ1v) is 8.54. The summed E-state index contributed by atoms with van der Waals surface area (Å²) in [6.45, 7) is 0. The zero-order chi connectivity index (χ0) is 14.1. The third-order valence-electron chi connectivity index (χ3n) is 3.37. The Labute approximate surface area is 119 Å². The Kier molecular flexibility index (Phi) is 4.27. The van der Waals surface area contributed by atoms with Crippen molar-refractivity contribution in [2.75, 3.05) is 5.33 Å². The zero-order valence-electron chi connectivity index (χ0n) is 10.1. The molecule has 1 aliphatic rings. The molecule has 0 bridgehead atoms. The Morgan fingerprint density at radius 1 is 1.21 bits per heavy atom. The Hall–Kier alpha value is -0.530. The van der Waals surface area contributed by atoms with E-state index in [1.54, 1.807) is 0 Å². The molecule has 1 aromatic rings. The van der Waals surface area contributed by atoms with E-state index in [1.165, 1.54) is 0 Å². The first-order chi connectivity index (χ1) is 8.88. The lowest BCUT2D eigenvalue weighted by Gasteiger charge is -2.27. The highest BCUT2D eigenvalue weighted by molar-refractivity contribution is 9.09. The van der Waals surface area contributed by atoms with Gasteiger partial charge in [0.2, 0.25) is 10.0 Å². The molecule has 1 aliphatic carbocycles. The van der Waals surface area contributed by atoms with Crippen LogP contribution in [0.2, 0.25) is 0 Å². The summed E-state index contributed by atoms with van der Waals surface area (Å²) in [6.07, 6.45) is 3.38. The molecule has 0 radical (unpaired) electrons. The van der Waals surface area contributed by atoms with Crippen molar-refractivity contribution in [2.24, 2.45) is 0 Å². The molecule has 1 N–H and O–H groups in total. The summed E-state index contributed by atoms with van der Waals surface area (Å²) in [5.74, 6) is -2.22. The van der Waals surface area contributed by atoms with Gasteiger partial charge in [-0.1, -0.05) is 28.8 Å². The lowest BCUT2D eigenvalue weighted by atomic mass is 10.0. The molecule has 0 saturated heterocycles. The maximum atomic E-state index is 13.1. The minimum Gasteiger partial charge on any atom is -0.207 e. The van der Waals surface area contributed by atoms with Gasteiger partial charge in [-0.3, -0.25) is 0 Å². The highest BCUT2D eigenvalue weighted by atomic mass is 79.9. The molecule has 1 saturated carbocycles. The molecule has 0 unspecified atom stereocenters. The molecule has 1 aromatic carbocycles. The van der Waals surface area contributed by atoms with Crippen LogP contribution < -0.4 is 4.72 Å². The second kappa shape index (κ2) is 5.46. The predicted octanol–water partition coefficient (Wildman–Crippen LogP) is 2.95. The monoisotopic (exact) mass is 353 g/mol. The Morgan fingerprint density at radius 3 is 2.37 bits per heavy atom. The van der Waals surface area contributed by atoms with Gasteiger partial charge in [0.15, 0.2) is 11.6 Å². The van der Waals surface area contributed by atoms with Crippen molar-refractivity contribution in [2.45, 2.75) is 36.1 Å². The van der Waals surface area contributed by atoms with Gasteiger partial charge >= 0.3 is 0 Å². The summed E-state index contributed by atoms with van der Waals surface area (Å²) >= 11 is 3.32.